The van der Waals surface area contributed by atoms with Gasteiger partial charge in [-0.3, -0.25) is 4.79 Å². The van der Waals surface area contributed by atoms with E-state index < -0.39 is 11.7 Å². The number of halogens is 3. The molecule has 1 aromatic heterocycles. The summed E-state index contributed by atoms with van der Waals surface area (Å²) >= 11 is 11.8. The zero-order chi connectivity index (χ0) is 14.7. The molecule has 7 heteroatoms. The molecule has 0 aliphatic rings. The number of rotatable bonds is 3. The van der Waals surface area contributed by atoms with Gasteiger partial charge in [-0.1, -0.05) is 23.2 Å². The minimum atomic E-state index is -0.570. The van der Waals surface area contributed by atoms with Crippen molar-refractivity contribution in [3.63, 3.8) is 0 Å². The fourth-order valence-electron chi connectivity index (χ4n) is 1.52. The number of amides is 1. The zero-order valence-electron chi connectivity index (χ0n) is 10.4. The lowest BCUT2D eigenvalue weighted by molar-refractivity contribution is 0.102. The van der Waals surface area contributed by atoms with Crippen molar-refractivity contribution in [2.45, 2.75) is 0 Å². The van der Waals surface area contributed by atoms with E-state index in [0.29, 0.717) is 5.82 Å². The van der Waals surface area contributed by atoms with Gasteiger partial charge in [0.05, 0.1) is 15.7 Å². The van der Waals surface area contributed by atoms with E-state index >= 15 is 0 Å². The lowest BCUT2D eigenvalue weighted by Crippen LogP contribution is -2.15. The summed E-state index contributed by atoms with van der Waals surface area (Å²) in [5.74, 6) is -0.586. The van der Waals surface area contributed by atoms with Crippen LogP contribution < -0.4 is 10.6 Å². The van der Waals surface area contributed by atoms with Gasteiger partial charge in [0.1, 0.15) is 17.3 Å². The molecule has 0 spiro atoms. The first-order valence-electron chi connectivity index (χ1n) is 5.62. The minimum Gasteiger partial charge on any atom is -0.373 e. The van der Waals surface area contributed by atoms with Crippen LogP contribution in [-0.4, -0.2) is 17.9 Å². The first kappa shape index (κ1) is 14.6. The Balaban J connectivity index is 2.30. The standard InChI is InChI=1S/C13H10Cl2FN3O/c1-17-11-5-4-9(15)12(19-11)13(20)18-10-6-7(16)2-3-8(10)14/h2-6H,1H3,(H,17,19)(H,18,20). The predicted molar refractivity (Wildman–Crippen MR) is 78.2 cm³/mol. The number of anilines is 2. The SMILES string of the molecule is CNc1ccc(Cl)c(C(=O)Nc2cc(F)ccc2Cl)n1. The highest BCUT2D eigenvalue weighted by Crippen LogP contribution is 2.24. The molecule has 0 saturated carbocycles. The van der Waals surface area contributed by atoms with Gasteiger partial charge in [-0.2, -0.15) is 0 Å². The van der Waals surface area contributed by atoms with Crippen LogP contribution in [0.15, 0.2) is 30.3 Å². The molecule has 0 unspecified atom stereocenters. The molecule has 0 aliphatic heterocycles. The molecule has 4 nitrogen and oxygen atoms in total. The smallest absolute Gasteiger partial charge is 0.275 e. The van der Waals surface area contributed by atoms with Crippen molar-refractivity contribution in [3.8, 4) is 0 Å². The van der Waals surface area contributed by atoms with Gasteiger partial charge in [0, 0.05) is 7.05 Å². The number of aromatic nitrogens is 1. The maximum Gasteiger partial charge on any atom is 0.275 e. The van der Waals surface area contributed by atoms with Gasteiger partial charge >= 0.3 is 0 Å². The zero-order valence-corrected chi connectivity index (χ0v) is 11.9. The quantitative estimate of drug-likeness (QED) is 0.905. The van der Waals surface area contributed by atoms with E-state index in [1.54, 1.807) is 19.2 Å². The number of carbonyl (C=O) groups excluding carboxylic acids is 1. The lowest BCUT2D eigenvalue weighted by atomic mass is 10.2. The van der Waals surface area contributed by atoms with Crippen LogP contribution in [0.1, 0.15) is 10.5 Å². The van der Waals surface area contributed by atoms with Crippen molar-refractivity contribution in [2.75, 3.05) is 17.7 Å². The highest BCUT2D eigenvalue weighted by atomic mass is 35.5. The van der Waals surface area contributed by atoms with E-state index in [0.717, 1.165) is 6.07 Å². The highest BCUT2D eigenvalue weighted by Gasteiger charge is 2.15. The normalized spacial score (nSPS) is 10.2. The second kappa shape index (κ2) is 6.07. The molecule has 2 N–H and O–H groups in total. The van der Waals surface area contributed by atoms with Crippen LogP contribution in [0.4, 0.5) is 15.9 Å². The lowest BCUT2D eigenvalue weighted by Gasteiger charge is -2.09. The first-order chi connectivity index (χ1) is 9.51. The van der Waals surface area contributed by atoms with Crippen molar-refractivity contribution in [3.05, 3.63) is 51.9 Å². The number of nitrogens with zero attached hydrogens (tertiary/aromatic N) is 1. The Hall–Kier alpha value is -1.85. The molecule has 0 bridgehead atoms. The molecule has 20 heavy (non-hydrogen) atoms. The van der Waals surface area contributed by atoms with Crippen molar-refractivity contribution >= 4 is 40.6 Å². The average Bonchev–Trinajstić information content (AvgIpc) is 2.43. The fraction of sp³-hybridized carbons (Fsp3) is 0.0769. The third-order valence-corrected chi connectivity index (χ3v) is 3.13. The minimum absolute atomic E-state index is 0.0267. The van der Waals surface area contributed by atoms with Gasteiger partial charge in [-0.15, -0.1) is 0 Å². The third kappa shape index (κ3) is 3.18. The van der Waals surface area contributed by atoms with Crippen LogP contribution in [0.2, 0.25) is 10.0 Å². The third-order valence-electron chi connectivity index (χ3n) is 2.49. The molecule has 2 aromatic rings. The molecule has 0 atom stereocenters. The summed E-state index contributed by atoms with van der Waals surface area (Å²) in [5.41, 5.74) is 0.184. The van der Waals surface area contributed by atoms with Crippen LogP contribution in [0.5, 0.6) is 0 Å². The molecule has 1 amide bonds. The van der Waals surface area contributed by atoms with Crippen LogP contribution in [0.25, 0.3) is 0 Å². The predicted octanol–water partition coefficient (Wildman–Crippen LogP) is 3.82. The van der Waals surface area contributed by atoms with Gasteiger partial charge in [0.15, 0.2) is 0 Å². The molecule has 0 radical (unpaired) electrons. The number of carbonyl (C=O) groups is 1. The summed E-state index contributed by atoms with van der Waals surface area (Å²) in [4.78, 5) is 16.1. The highest BCUT2D eigenvalue weighted by molar-refractivity contribution is 6.35. The maximum atomic E-state index is 13.1. The molecule has 2 rings (SSSR count). The maximum absolute atomic E-state index is 13.1. The molecule has 1 aromatic carbocycles. The van der Waals surface area contributed by atoms with E-state index in [1.807, 2.05) is 0 Å². The van der Waals surface area contributed by atoms with Crippen LogP contribution in [-0.2, 0) is 0 Å². The summed E-state index contributed by atoms with van der Waals surface area (Å²) in [7, 11) is 1.67. The molecule has 104 valence electrons. The molecule has 0 fully saturated rings. The van der Waals surface area contributed by atoms with Crippen molar-refractivity contribution in [1.29, 1.82) is 0 Å². The molecular formula is C13H10Cl2FN3O. The van der Waals surface area contributed by atoms with Crippen LogP contribution in [0.3, 0.4) is 0 Å². The Morgan fingerprint density at radius 1 is 1.20 bits per heavy atom. The average molecular weight is 314 g/mol. The van der Waals surface area contributed by atoms with Crippen molar-refractivity contribution in [1.82, 2.24) is 4.98 Å². The Kier molecular flexibility index (Phi) is 4.42. The second-order valence-corrected chi connectivity index (χ2v) is 4.67. The monoisotopic (exact) mass is 313 g/mol. The summed E-state index contributed by atoms with van der Waals surface area (Å²) in [6.45, 7) is 0. The van der Waals surface area contributed by atoms with Gasteiger partial charge in [-0.05, 0) is 30.3 Å². The fourth-order valence-corrected chi connectivity index (χ4v) is 1.87. The van der Waals surface area contributed by atoms with E-state index in [9.17, 15) is 9.18 Å². The summed E-state index contributed by atoms with van der Waals surface area (Å²) in [6, 6.07) is 6.85. The van der Waals surface area contributed by atoms with Gasteiger partial charge in [0.25, 0.3) is 5.91 Å². The largest absolute Gasteiger partial charge is 0.373 e. The Morgan fingerprint density at radius 2 is 1.90 bits per heavy atom. The number of benzene rings is 1. The van der Waals surface area contributed by atoms with Crippen LogP contribution in [0, 0.1) is 5.82 Å². The number of nitrogens with one attached hydrogen (secondary N) is 2. The number of hydrogen-bond acceptors (Lipinski definition) is 3. The first-order valence-corrected chi connectivity index (χ1v) is 6.37. The van der Waals surface area contributed by atoms with Crippen molar-refractivity contribution < 1.29 is 9.18 Å². The summed E-state index contributed by atoms with van der Waals surface area (Å²) in [6.07, 6.45) is 0. The van der Waals surface area contributed by atoms with Gasteiger partial charge in [-0.25, -0.2) is 9.37 Å². The molecule has 1 heterocycles. The molecule has 0 saturated heterocycles. The summed E-state index contributed by atoms with van der Waals surface area (Å²) < 4.78 is 13.1. The van der Waals surface area contributed by atoms with Crippen molar-refractivity contribution in [2.24, 2.45) is 0 Å². The van der Waals surface area contributed by atoms with E-state index in [-0.39, 0.29) is 21.4 Å². The Labute approximate surface area is 124 Å². The second-order valence-electron chi connectivity index (χ2n) is 3.86. The van der Waals surface area contributed by atoms with Crippen LogP contribution >= 0.6 is 23.2 Å². The number of pyridine rings is 1. The van der Waals surface area contributed by atoms with Gasteiger partial charge < -0.3 is 10.6 Å². The van der Waals surface area contributed by atoms with E-state index in [2.05, 4.69) is 15.6 Å². The topological polar surface area (TPSA) is 54.0 Å². The van der Waals surface area contributed by atoms with E-state index in [1.165, 1.54) is 12.1 Å². The molecular weight excluding hydrogens is 304 g/mol. The molecule has 0 aliphatic carbocycles. The Bertz CT molecular complexity index is 664. The number of hydrogen-bond donors (Lipinski definition) is 2. The van der Waals surface area contributed by atoms with Gasteiger partial charge in [0.2, 0.25) is 0 Å². The van der Waals surface area contributed by atoms with E-state index in [4.69, 9.17) is 23.2 Å². The Morgan fingerprint density at radius 3 is 2.60 bits per heavy atom. The summed E-state index contributed by atoms with van der Waals surface area (Å²) in [5, 5.41) is 5.68.